The second-order valence-electron chi connectivity index (χ2n) is 12.5. The molecule has 0 fully saturated rings. The van der Waals surface area contributed by atoms with Crippen LogP contribution >= 0.6 is 0 Å². The third kappa shape index (κ3) is 10.1. The van der Waals surface area contributed by atoms with E-state index in [9.17, 15) is 0 Å². The minimum absolute atomic E-state index is 0. The van der Waals surface area contributed by atoms with Crippen LogP contribution in [0, 0.1) is 0 Å². The molecule has 0 aliphatic rings. The summed E-state index contributed by atoms with van der Waals surface area (Å²) < 4.78 is 12.5. The summed E-state index contributed by atoms with van der Waals surface area (Å²) >= 11 is 0. The van der Waals surface area contributed by atoms with E-state index in [1.165, 1.54) is 58.4 Å². The molecule has 0 amide bonds. The number of halogens is 2. The fraction of sp³-hybridized carbons (Fsp3) is 0.471. The van der Waals surface area contributed by atoms with Gasteiger partial charge in [0.2, 0.25) is 18.1 Å². The van der Waals surface area contributed by atoms with Crippen LogP contribution in [0.5, 0.6) is 11.5 Å². The maximum absolute atomic E-state index is 6.27. The molecular formula is C34H50Cl2O2Si2Zr. The third-order valence-electron chi connectivity index (χ3n) is 7.42. The zero-order valence-corrected chi connectivity index (χ0v) is 33.1. The van der Waals surface area contributed by atoms with Gasteiger partial charge < -0.3 is 33.7 Å². The Morgan fingerprint density at radius 3 is 1.22 bits per heavy atom. The van der Waals surface area contributed by atoms with Crippen molar-refractivity contribution in [2.75, 3.05) is 0 Å². The smallest absolute Gasteiger partial charge is 1.00 e. The topological polar surface area (TPSA) is 18.5 Å². The molecule has 2 nitrogen and oxygen atoms in total. The van der Waals surface area contributed by atoms with Gasteiger partial charge in [-0.25, -0.2) is 0 Å². The van der Waals surface area contributed by atoms with Crippen LogP contribution in [-0.4, -0.2) is 18.1 Å². The van der Waals surface area contributed by atoms with Gasteiger partial charge in [0.05, 0.1) is 0 Å². The van der Waals surface area contributed by atoms with E-state index < -0.39 is 18.1 Å². The monoisotopic (exact) mass is 706 g/mol. The maximum atomic E-state index is 6.27. The number of hydrogen-bond acceptors (Lipinski definition) is 2. The summed E-state index contributed by atoms with van der Waals surface area (Å²) in [5, 5.41) is 5.18. The molecule has 0 heterocycles. The van der Waals surface area contributed by atoms with Crippen LogP contribution in [0.3, 0.4) is 0 Å². The fourth-order valence-corrected chi connectivity index (χ4v) is 7.09. The van der Waals surface area contributed by atoms with E-state index in [4.69, 9.17) is 8.85 Å². The predicted octanol–water partition coefficient (Wildman–Crippen LogP) is 4.00. The molecule has 0 aromatic heterocycles. The number of rotatable bonds is 10. The first-order valence-electron chi connectivity index (χ1n) is 14.6. The molecule has 0 unspecified atom stereocenters. The van der Waals surface area contributed by atoms with Gasteiger partial charge in [0.25, 0.3) is 0 Å². The molecule has 0 atom stereocenters. The quantitative estimate of drug-likeness (QED) is 0.183. The summed E-state index contributed by atoms with van der Waals surface area (Å²) in [4.78, 5) is 0. The second-order valence-corrected chi connectivity index (χ2v) is 17.2. The largest absolute Gasteiger partial charge is 4.00 e. The molecule has 4 aromatic rings. The van der Waals surface area contributed by atoms with E-state index in [1.54, 1.807) is 0 Å². The summed E-state index contributed by atoms with van der Waals surface area (Å²) in [6.45, 7) is 22.8. The number of hydrogen-bond donors (Lipinski definition) is 0. The molecule has 0 radical (unpaired) electrons. The maximum Gasteiger partial charge on any atom is 4.00 e. The van der Waals surface area contributed by atoms with Crippen molar-refractivity contribution < 1.29 is 59.9 Å². The van der Waals surface area contributed by atoms with Gasteiger partial charge in [0.15, 0.2) is 0 Å². The van der Waals surface area contributed by atoms with E-state index in [1.807, 2.05) is 0 Å². The summed E-state index contributed by atoms with van der Waals surface area (Å²) in [6, 6.07) is 21.8. The molecule has 0 aliphatic carbocycles. The Bertz CT molecular complexity index is 1220. The second kappa shape index (κ2) is 17.5. The molecule has 0 N–H and O–H groups in total. The van der Waals surface area contributed by atoms with E-state index >= 15 is 0 Å². The Kier molecular flexibility index (Phi) is 17.1. The molecule has 0 saturated carbocycles. The molecule has 224 valence electrons. The molecule has 4 aromatic carbocycles. The van der Waals surface area contributed by atoms with Crippen LogP contribution in [0.4, 0.5) is 0 Å². The Morgan fingerprint density at radius 2 is 0.927 bits per heavy atom. The van der Waals surface area contributed by atoms with Crippen molar-refractivity contribution >= 4 is 39.6 Å². The van der Waals surface area contributed by atoms with Gasteiger partial charge in [-0.2, -0.15) is 0 Å². The van der Waals surface area contributed by atoms with Crippen LogP contribution in [0.2, 0.25) is 26.2 Å². The standard InChI is InChI=1S/2C17H25OSi.2ClH.Zr/c2*1-6-11-17(2,3)15-12-13-9-7-8-10-14(13)16(15)18-19(4)5;;;/h2*7-10,12,19H,6,11H2,1-5H3;2*1H;/q2*-1;;;+4/p-2. The molecule has 0 bridgehead atoms. The van der Waals surface area contributed by atoms with Gasteiger partial charge in [0, 0.05) is 0 Å². The first kappa shape index (κ1) is 40.2. The van der Waals surface area contributed by atoms with E-state index in [2.05, 4.69) is 128 Å². The van der Waals surface area contributed by atoms with Crippen molar-refractivity contribution in [3.63, 3.8) is 0 Å². The molecule has 0 aliphatic heterocycles. The van der Waals surface area contributed by atoms with Crippen LogP contribution in [0.1, 0.15) is 78.4 Å². The average Bonchev–Trinajstić information content (AvgIpc) is 3.39. The van der Waals surface area contributed by atoms with E-state index in [-0.39, 0.29) is 61.8 Å². The zero-order valence-electron chi connectivity index (χ0n) is 26.8. The Hall–Kier alpha value is -0.843. The van der Waals surface area contributed by atoms with Crippen LogP contribution in [0.25, 0.3) is 21.5 Å². The van der Waals surface area contributed by atoms with E-state index in [0.717, 1.165) is 11.5 Å². The summed E-state index contributed by atoms with van der Waals surface area (Å²) in [5.41, 5.74) is 3.15. The molecule has 0 spiro atoms. The van der Waals surface area contributed by atoms with Gasteiger partial charge in [-0.05, 0) is 61.4 Å². The molecule has 41 heavy (non-hydrogen) atoms. The predicted molar refractivity (Wildman–Crippen MR) is 174 cm³/mol. The number of benzene rings is 2. The first-order chi connectivity index (χ1) is 17.9. The molecular weight excluding hydrogens is 659 g/mol. The summed E-state index contributed by atoms with van der Waals surface area (Å²) in [6.07, 6.45) is 4.79. The van der Waals surface area contributed by atoms with Crippen LogP contribution in [-0.2, 0) is 37.0 Å². The molecule has 0 saturated heterocycles. The van der Waals surface area contributed by atoms with Crippen molar-refractivity contribution in [3.05, 3.63) is 71.8 Å². The Balaban J connectivity index is 0.000000727. The third-order valence-corrected chi connectivity index (χ3v) is 8.83. The summed E-state index contributed by atoms with van der Waals surface area (Å²) in [5.74, 6) is 2.30. The normalized spacial score (nSPS) is 11.4. The zero-order chi connectivity index (χ0) is 28.1. The first-order valence-corrected chi connectivity index (χ1v) is 20.2. The SMILES string of the molecule is CCCC(C)(C)c1[cH-]c2ccccc2c1O[SiH](C)C.CCCC(C)(C)c1[cH-]c2ccccc2c1O[SiH](C)C.[Cl-].[Cl-].[Zr+4]. The van der Waals surface area contributed by atoms with Crippen molar-refractivity contribution in [1.29, 1.82) is 0 Å². The molecule has 4 rings (SSSR count). The van der Waals surface area contributed by atoms with Gasteiger partial charge in [0.1, 0.15) is 0 Å². The van der Waals surface area contributed by atoms with Crippen LogP contribution in [0.15, 0.2) is 60.7 Å². The van der Waals surface area contributed by atoms with Crippen molar-refractivity contribution in [2.24, 2.45) is 0 Å². The minimum Gasteiger partial charge on any atom is -1.00 e. The number of fused-ring (bicyclic) bond motifs is 2. The minimum atomic E-state index is -1.09. The fourth-order valence-electron chi connectivity index (χ4n) is 5.64. The van der Waals surface area contributed by atoms with Gasteiger partial charge in [-0.1, -0.05) is 77.6 Å². The van der Waals surface area contributed by atoms with Crippen LogP contribution < -0.4 is 33.7 Å². The van der Waals surface area contributed by atoms with Crippen molar-refractivity contribution in [3.8, 4) is 11.5 Å². The van der Waals surface area contributed by atoms with Gasteiger partial charge in [-0.3, -0.25) is 0 Å². The van der Waals surface area contributed by atoms with Gasteiger partial charge >= 0.3 is 26.2 Å². The Labute approximate surface area is 285 Å². The van der Waals surface area contributed by atoms with Crippen molar-refractivity contribution in [2.45, 2.75) is 104 Å². The molecule has 7 heteroatoms. The van der Waals surface area contributed by atoms with E-state index in [0.29, 0.717) is 0 Å². The summed E-state index contributed by atoms with van der Waals surface area (Å²) in [7, 11) is -2.18. The van der Waals surface area contributed by atoms with Gasteiger partial charge in [-0.15, -0.1) is 70.1 Å². The van der Waals surface area contributed by atoms with Crippen molar-refractivity contribution in [1.82, 2.24) is 0 Å². The Morgan fingerprint density at radius 1 is 0.610 bits per heavy atom. The average molecular weight is 709 g/mol.